The van der Waals surface area contributed by atoms with Crippen LogP contribution in [0.4, 0.5) is 14.5 Å². The van der Waals surface area contributed by atoms with Crippen LogP contribution in [0.2, 0.25) is 0 Å². The number of hydrogen-bond donors (Lipinski definition) is 1. The van der Waals surface area contributed by atoms with Gasteiger partial charge in [-0.2, -0.15) is 0 Å². The van der Waals surface area contributed by atoms with Crippen LogP contribution in [0.25, 0.3) is 22.8 Å². The molecule has 0 fully saturated rings. The molecule has 5 rings (SSSR count). The van der Waals surface area contributed by atoms with Crippen LogP contribution in [0.15, 0.2) is 60.7 Å². The highest BCUT2D eigenvalue weighted by molar-refractivity contribution is 5.77. The number of carbonyl (C=O) groups is 1. The van der Waals surface area contributed by atoms with E-state index in [4.69, 9.17) is 5.73 Å². The molecule has 0 radical (unpaired) electrons. The number of anilines is 1. The van der Waals surface area contributed by atoms with Gasteiger partial charge in [0.2, 0.25) is 5.91 Å². The van der Waals surface area contributed by atoms with E-state index in [2.05, 4.69) is 10.1 Å². The summed E-state index contributed by atoms with van der Waals surface area (Å²) in [4.78, 5) is 19.6. The molecule has 1 aliphatic rings. The summed E-state index contributed by atoms with van der Waals surface area (Å²) >= 11 is 0. The largest absolute Gasteiger partial charge is 0.399 e. The molecule has 0 spiro atoms. The Bertz CT molecular complexity index is 1380. The minimum atomic E-state index is -0.369. The lowest BCUT2D eigenvalue weighted by Gasteiger charge is -2.29. The molecule has 0 unspecified atom stereocenters. The number of nitrogens with two attached hydrogens (primary N) is 1. The average Bonchev–Trinajstić information content (AvgIpc) is 3.24. The van der Waals surface area contributed by atoms with E-state index in [1.54, 1.807) is 36.1 Å². The van der Waals surface area contributed by atoms with Gasteiger partial charge < -0.3 is 10.6 Å². The lowest BCUT2D eigenvalue weighted by atomic mass is 9.99. The predicted molar refractivity (Wildman–Crippen MR) is 126 cm³/mol. The van der Waals surface area contributed by atoms with Gasteiger partial charge >= 0.3 is 0 Å². The number of aromatic nitrogens is 3. The zero-order valence-corrected chi connectivity index (χ0v) is 18.6. The zero-order valence-electron chi connectivity index (χ0n) is 18.6. The van der Waals surface area contributed by atoms with Gasteiger partial charge in [0, 0.05) is 29.9 Å². The molecule has 4 aromatic rings. The average molecular weight is 460 g/mol. The van der Waals surface area contributed by atoms with Crippen LogP contribution in [0, 0.1) is 18.6 Å². The summed E-state index contributed by atoms with van der Waals surface area (Å²) in [6, 6.07) is 16.3. The second-order valence-electron chi connectivity index (χ2n) is 8.48. The third kappa shape index (κ3) is 4.26. The van der Waals surface area contributed by atoms with E-state index < -0.39 is 0 Å². The topological polar surface area (TPSA) is 77.0 Å². The summed E-state index contributed by atoms with van der Waals surface area (Å²) in [6.45, 7) is 2.71. The summed E-state index contributed by atoms with van der Waals surface area (Å²) < 4.78 is 28.8. The highest BCUT2D eigenvalue weighted by atomic mass is 19.1. The Labute approximate surface area is 195 Å². The minimum absolute atomic E-state index is 0.0302. The van der Waals surface area contributed by atoms with E-state index in [-0.39, 0.29) is 24.1 Å². The number of rotatable bonds is 4. The highest BCUT2D eigenvalue weighted by Gasteiger charge is 2.23. The first kappa shape index (κ1) is 21.8. The predicted octanol–water partition coefficient (Wildman–Crippen LogP) is 4.37. The SMILES string of the molecule is Cc1cc(-c2nc(-c3ccc(F)cc3)n(CC(=O)N3CCc4ccc(N)cc4C3)n2)ccc1F. The van der Waals surface area contributed by atoms with E-state index in [0.29, 0.717) is 47.1 Å². The van der Waals surface area contributed by atoms with Crippen molar-refractivity contribution in [3.8, 4) is 22.8 Å². The number of nitrogen functional groups attached to an aromatic ring is 1. The molecule has 3 aromatic carbocycles. The van der Waals surface area contributed by atoms with Crippen molar-refractivity contribution in [1.29, 1.82) is 0 Å². The van der Waals surface area contributed by atoms with Gasteiger partial charge in [-0.25, -0.2) is 18.4 Å². The Kier molecular flexibility index (Phi) is 5.57. The maximum absolute atomic E-state index is 13.8. The second-order valence-corrected chi connectivity index (χ2v) is 8.48. The lowest BCUT2D eigenvalue weighted by molar-refractivity contribution is -0.132. The molecule has 34 heavy (non-hydrogen) atoms. The van der Waals surface area contributed by atoms with Crippen LogP contribution < -0.4 is 5.73 Å². The van der Waals surface area contributed by atoms with Crippen LogP contribution in [0.5, 0.6) is 0 Å². The lowest BCUT2D eigenvalue weighted by Crippen LogP contribution is -2.38. The van der Waals surface area contributed by atoms with E-state index in [1.165, 1.54) is 28.4 Å². The quantitative estimate of drug-likeness (QED) is 0.460. The molecule has 0 bridgehead atoms. The maximum atomic E-state index is 13.8. The number of nitrogens with zero attached hydrogens (tertiary/aromatic N) is 4. The normalized spacial score (nSPS) is 13.1. The van der Waals surface area contributed by atoms with E-state index >= 15 is 0 Å². The Balaban J connectivity index is 1.47. The number of carbonyl (C=O) groups excluding carboxylic acids is 1. The van der Waals surface area contributed by atoms with Gasteiger partial charge in [-0.1, -0.05) is 6.07 Å². The smallest absolute Gasteiger partial charge is 0.244 e. The molecular formula is C26H23F2N5O. The maximum Gasteiger partial charge on any atom is 0.244 e. The first-order valence-electron chi connectivity index (χ1n) is 11.0. The molecule has 2 heterocycles. The number of fused-ring (bicyclic) bond motifs is 1. The van der Waals surface area contributed by atoms with Crippen molar-refractivity contribution in [3.63, 3.8) is 0 Å². The van der Waals surface area contributed by atoms with Crippen molar-refractivity contribution >= 4 is 11.6 Å². The number of halogens is 2. The molecule has 2 N–H and O–H groups in total. The van der Waals surface area contributed by atoms with Gasteiger partial charge in [-0.15, -0.1) is 5.10 Å². The van der Waals surface area contributed by atoms with Gasteiger partial charge in [0.25, 0.3) is 0 Å². The fourth-order valence-electron chi connectivity index (χ4n) is 4.19. The van der Waals surface area contributed by atoms with Crippen LogP contribution in [0.3, 0.4) is 0 Å². The van der Waals surface area contributed by atoms with Crippen molar-refractivity contribution in [2.24, 2.45) is 0 Å². The molecule has 0 aliphatic carbocycles. The van der Waals surface area contributed by atoms with Crippen LogP contribution in [-0.4, -0.2) is 32.1 Å². The molecular weight excluding hydrogens is 436 g/mol. The van der Waals surface area contributed by atoms with E-state index in [0.717, 1.165) is 12.0 Å². The van der Waals surface area contributed by atoms with Gasteiger partial charge in [-0.3, -0.25) is 4.79 Å². The van der Waals surface area contributed by atoms with E-state index in [1.807, 2.05) is 18.2 Å². The van der Waals surface area contributed by atoms with Crippen LogP contribution in [-0.2, 0) is 24.3 Å². The number of hydrogen-bond acceptors (Lipinski definition) is 4. The standard InChI is InChI=1S/C26H23F2N5O/c1-16-12-19(5-9-23(16)28)25-30-26(18-2-6-21(27)7-3-18)33(31-25)15-24(34)32-11-10-17-4-8-22(29)13-20(17)14-32/h2-9,12-13H,10-11,14-15,29H2,1H3. The molecule has 0 atom stereocenters. The summed E-state index contributed by atoms with van der Waals surface area (Å²) in [5.41, 5.74) is 10.6. The summed E-state index contributed by atoms with van der Waals surface area (Å²) in [7, 11) is 0. The number of benzene rings is 3. The fourth-order valence-corrected chi connectivity index (χ4v) is 4.19. The third-order valence-corrected chi connectivity index (χ3v) is 6.07. The minimum Gasteiger partial charge on any atom is -0.399 e. The molecule has 0 saturated carbocycles. The molecule has 8 heteroatoms. The number of aryl methyl sites for hydroxylation is 1. The van der Waals surface area contributed by atoms with Gasteiger partial charge in [-0.05, 0) is 84.6 Å². The Morgan fingerprint density at radius 2 is 1.76 bits per heavy atom. The van der Waals surface area contributed by atoms with Crippen molar-refractivity contribution in [2.45, 2.75) is 26.4 Å². The van der Waals surface area contributed by atoms with E-state index in [9.17, 15) is 13.6 Å². The Morgan fingerprint density at radius 3 is 2.53 bits per heavy atom. The molecule has 6 nitrogen and oxygen atoms in total. The molecule has 1 aliphatic heterocycles. The molecule has 1 amide bonds. The summed E-state index contributed by atoms with van der Waals surface area (Å²) in [5, 5.41) is 4.57. The fraction of sp³-hybridized carbons (Fsp3) is 0.192. The van der Waals surface area contributed by atoms with Crippen molar-refractivity contribution < 1.29 is 13.6 Å². The van der Waals surface area contributed by atoms with Crippen LogP contribution >= 0.6 is 0 Å². The van der Waals surface area contributed by atoms with Gasteiger partial charge in [0.05, 0.1) is 0 Å². The summed E-state index contributed by atoms with van der Waals surface area (Å²) in [6.07, 6.45) is 0.754. The monoisotopic (exact) mass is 459 g/mol. The Morgan fingerprint density at radius 1 is 1.00 bits per heavy atom. The zero-order chi connectivity index (χ0) is 23.8. The van der Waals surface area contributed by atoms with Crippen molar-refractivity contribution in [3.05, 3.63) is 89.0 Å². The Hall–Kier alpha value is -4.07. The first-order chi connectivity index (χ1) is 16.4. The highest BCUT2D eigenvalue weighted by Crippen LogP contribution is 2.26. The second kappa shape index (κ2) is 8.70. The molecule has 172 valence electrons. The first-order valence-corrected chi connectivity index (χ1v) is 11.0. The molecule has 1 aromatic heterocycles. The van der Waals surface area contributed by atoms with Crippen molar-refractivity contribution in [2.75, 3.05) is 12.3 Å². The van der Waals surface area contributed by atoms with Gasteiger partial charge in [0.15, 0.2) is 11.6 Å². The van der Waals surface area contributed by atoms with Crippen molar-refractivity contribution in [1.82, 2.24) is 19.7 Å². The summed E-state index contributed by atoms with van der Waals surface area (Å²) in [5.74, 6) is 0.0109. The third-order valence-electron chi connectivity index (χ3n) is 6.07. The van der Waals surface area contributed by atoms with Crippen LogP contribution in [0.1, 0.15) is 16.7 Å². The number of amides is 1. The molecule has 0 saturated heterocycles. The van der Waals surface area contributed by atoms with Gasteiger partial charge in [0.1, 0.15) is 18.2 Å².